The fourth-order valence-electron chi connectivity index (χ4n) is 2.66. The maximum atomic E-state index is 12.0. The molecule has 0 aliphatic heterocycles. The van der Waals surface area contributed by atoms with Gasteiger partial charge in [0.25, 0.3) is 0 Å². The number of benzene rings is 1. The zero-order chi connectivity index (χ0) is 20.5. The maximum absolute atomic E-state index is 12.0. The Morgan fingerprint density at radius 3 is 2.48 bits per heavy atom. The zero-order valence-corrected chi connectivity index (χ0v) is 16.6. The maximum Gasteiger partial charge on any atom is 0.319 e. The highest BCUT2D eigenvalue weighted by atomic mass is 16.2. The van der Waals surface area contributed by atoms with Gasteiger partial charge in [-0.25, -0.2) is 19.7 Å². The van der Waals surface area contributed by atoms with Gasteiger partial charge in [0.1, 0.15) is 23.3 Å². The molecular weight excluding hydrogens is 366 g/mol. The molecule has 0 unspecified atom stereocenters. The summed E-state index contributed by atoms with van der Waals surface area (Å²) < 4.78 is 0. The lowest BCUT2D eigenvalue weighted by atomic mass is 10.1. The predicted molar refractivity (Wildman–Crippen MR) is 116 cm³/mol. The molecule has 2 amide bonds. The van der Waals surface area contributed by atoms with Crippen LogP contribution in [-0.2, 0) is 6.42 Å². The first kappa shape index (κ1) is 20.1. The Morgan fingerprint density at radius 2 is 1.76 bits per heavy atom. The fourth-order valence-corrected chi connectivity index (χ4v) is 2.66. The number of hydrogen-bond donors (Lipinski definition) is 4. The van der Waals surface area contributed by atoms with E-state index in [0.717, 1.165) is 12.1 Å². The normalized spacial score (nSPS) is 10.3. The molecule has 2 heterocycles. The van der Waals surface area contributed by atoms with Crippen LogP contribution >= 0.6 is 0 Å². The van der Waals surface area contributed by atoms with Crippen molar-refractivity contribution in [2.75, 3.05) is 29.0 Å². The highest BCUT2D eigenvalue weighted by Crippen LogP contribution is 2.15. The summed E-state index contributed by atoms with van der Waals surface area (Å²) in [6, 6.07) is 15.0. The second kappa shape index (κ2) is 10.0. The molecular formula is C21H25N7O. The molecule has 0 fully saturated rings. The number of pyridine rings is 1. The first-order valence-electron chi connectivity index (χ1n) is 9.54. The quantitative estimate of drug-likeness (QED) is 0.436. The van der Waals surface area contributed by atoms with Crippen LogP contribution in [0.5, 0.6) is 0 Å². The second-order valence-corrected chi connectivity index (χ2v) is 6.38. The average Bonchev–Trinajstić information content (AvgIpc) is 2.72. The van der Waals surface area contributed by atoms with Gasteiger partial charge in [0.2, 0.25) is 0 Å². The topological polar surface area (TPSA) is 104 Å². The predicted octanol–water partition coefficient (Wildman–Crippen LogP) is 3.72. The van der Waals surface area contributed by atoms with Gasteiger partial charge in [-0.05, 0) is 43.2 Å². The Hall–Kier alpha value is -3.68. The Bertz CT molecular complexity index is 930. The van der Waals surface area contributed by atoms with Crippen molar-refractivity contribution < 1.29 is 4.79 Å². The molecule has 8 heteroatoms. The molecule has 0 atom stereocenters. The van der Waals surface area contributed by atoms with Crippen molar-refractivity contribution in [3.8, 4) is 0 Å². The van der Waals surface area contributed by atoms with Crippen LogP contribution in [-0.4, -0.2) is 34.1 Å². The molecule has 0 saturated carbocycles. The largest absolute Gasteiger partial charge is 0.368 e. The molecule has 29 heavy (non-hydrogen) atoms. The SMILES string of the molecule is CCc1ccc(NC(=O)NCCNc2cc(Nc3ccccn3)nc(C)n2)cc1. The van der Waals surface area contributed by atoms with E-state index in [2.05, 4.69) is 43.1 Å². The van der Waals surface area contributed by atoms with Gasteiger partial charge in [0.05, 0.1) is 0 Å². The lowest BCUT2D eigenvalue weighted by molar-refractivity contribution is 0.252. The van der Waals surface area contributed by atoms with E-state index in [9.17, 15) is 4.79 Å². The summed E-state index contributed by atoms with van der Waals surface area (Å²) in [6.07, 6.45) is 2.68. The monoisotopic (exact) mass is 391 g/mol. The van der Waals surface area contributed by atoms with E-state index in [0.29, 0.717) is 36.4 Å². The Balaban J connectivity index is 1.45. The number of anilines is 4. The van der Waals surface area contributed by atoms with Crippen molar-refractivity contribution in [2.45, 2.75) is 20.3 Å². The summed E-state index contributed by atoms with van der Waals surface area (Å²) in [5.74, 6) is 2.67. The highest BCUT2D eigenvalue weighted by molar-refractivity contribution is 5.89. The van der Waals surface area contributed by atoms with Crippen molar-refractivity contribution in [1.29, 1.82) is 0 Å². The number of nitrogens with one attached hydrogen (secondary N) is 4. The summed E-state index contributed by atoms with van der Waals surface area (Å²) in [6.45, 7) is 4.90. The minimum atomic E-state index is -0.243. The summed E-state index contributed by atoms with van der Waals surface area (Å²) in [7, 11) is 0. The van der Waals surface area contributed by atoms with E-state index < -0.39 is 0 Å². The number of amides is 2. The van der Waals surface area contributed by atoms with Crippen LogP contribution in [0.4, 0.5) is 27.9 Å². The molecule has 1 aromatic carbocycles. The summed E-state index contributed by atoms with van der Waals surface area (Å²) in [5.41, 5.74) is 2.00. The van der Waals surface area contributed by atoms with Gasteiger partial charge in [0, 0.05) is 31.0 Å². The molecule has 150 valence electrons. The first-order valence-corrected chi connectivity index (χ1v) is 9.54. The number of nitrogens with zero attached hydrogens (tertiary/aromatic N) is 3. The van der Waals surface area contributed by atoms with Crippen LogP contribution < -0.4 is 21.3 Å². The third-order valence-corrected chi connectivity index (χ3v) is 4.10. The molecule has 0 aliphatic carbocycles. The van der Waals surface area contributed by atoms with E-state index in [-0.39, 0.29) is 6.03 Å². The van der Waals surface area contributed by atoms with Crippen molar-refractivity contribution in [3.05, 3.63) is 66.1 Å². The Morgan fingerprint density at radius 1 is 0.966 bits per heavy atom. The third-order valence-electron chi connectivity index (χ3n) is 4.10. The van der Waals surface area contributed by atoms with Crippen LogP contribution in [0.2, 0.25) is 0 Å². The van der Waals surface area contributed by atoms with Crippen LogP contribution in [0, 0.1) is 6.92 Å². The van der Waals surface area contributed by atoms with E-state index in [4.69, 9.17) is 0 Å². The van der Waals surface area contributed by atoms with Crippen molar-refractivity contribution in [3.63, 3.8) is 0 Å². The molecule has 0 aliphatic rings. The number of aromatic nitrogens is 3. The van der Waals surface area contributed by atoms with Gasteiger partial charge in [0.15, 0.2) is 0 Å². The molecule has 2 aromatic heterocycles. The minimum absolute atomic E-state index is 0.243. The van der Waals surface area contributed by atoms with Crippen LogP contribution in [0.3, 0.4) is 0 Å². The Labute approximate surface area is 170 Å². The summed E-state index contributed by atoms with van der Waals surface area (Å²) >= 11 is 0. The van der Waals surface area contributed by atoms with Crippen LogP contribution in [0.1, 0.15) is 18.3 Å². The van der Waals surface area contributed by atoms with Gasteiger partial charge >= 0.3 is 6.03 Å². The number of aryl methyl sites for hydroxylation is 2. The fraction of sp³-hybridized carbons (Fsp3) is 0.238. The van der Waals surface area contributed by atoms with Crippen molar-refractivity contribution in [2.24, 2.45) is 0 Å². The molecule has 0 bridgehead atoms. The van der Waals surface area contributed by atoms with Gasteiger partial charge in [-0.1, -0.05) is 25.1 Å². The van der Waals surface area contributed by atoms with Gasteiger partial charge in [-0.3, -0.25) is 0 Å². The molecule has 8 nitrogen and oxygen atoms in total. The van der Waals surface area contributed by atoms with Gasteiger partial charge in [-0.2, -0.15) is 0 Å². The molecule has 0 spiro atoms. The second-order valence-electron chi connectivity index (χ2n) is 6.38. The third kappa shape index (κ3) is 6.46. The van der Waals surface area contributed by atoms with Gasteiger partial charge < -0.3 is 21.3 Å². The summed E-state index contributed by atoms with van der Waals surface area (Å²) in [5, 5.41) is 12.0. The van der Waals surface area contributed by atoms with E-state index in [1.165, 1.54) is 5.56 Å². The standard InChI is InChI=1S/C21H25N7O/c1-3-16-7-9-17(10-8-16)27-21(29)24-13-12-23-19-14-20(26-15(2)25-19)28-18-6-4-5-11-22-18/h4-11,14H,3,12-13H2,1-2H3,(H2,24,27,29)(H2,22,23,25,26,28). The minimum Gasteiger partial charge on any atom is -0.368 e. The Kier molecular flexibility index (Phi) is 6.94. The highest BCUT2D eigenvalue weighted by Gasteiger charge is 2.04. The molecule has 3 rings (SSSR count). The molecule has 0 radical (unpaired) electrons. The molecule has 3 aromatic rings. The van der Waals surface area contributed by atoms with Gasteiger partial charge in [-0.15, -0.1) is 0 Å². The zero-order valence-electron chi connectivity index (χ0n) is 16.6. The van der Waals surface area contributed by atoms with Crippen molar-refractivity contribution >= 4 is 29.2 Å². The van der Waals surface area contributed by atoms with E-state index in [1.54, 1.807) is 12.3 Å². The van der Waals surface area contributed by atoms with Crippen molar-refractivity contribution in [1.82, 2.24) is 20.3 Å². The number of carbonyl (C=O) groups is 1. The lowest BCUT2D eigenvalue weighted by Crippen LogP contribution is -2.32. The summed E-state index contributed by atoms with van der Waals surface area (Å²) in [4.78, 5) is 25.0. The molecule has 4 N–H and O–H groups in total. The smallest absolute Gasteiger partial charge is 0.319 e. The van der Waals surface area contributed by atoms with Crippen LogP contribution in [0.15, 0.2) is 54.7 Å². The average molecular weight is 391 g/mol. The van der Waals surface area contributed by atoms with E-state index in [1.807, 2.05) is 49.4 Å². The number of carbonyl (C=O) groups excluding carboxylic acids is 1. The number of urea groups is 1. The number of hydrogen-bond acceptors (Lipinski definition) is 6. The van der Waals surface area contributed by atoms with E-state index >= 15 is 0 Å². The van der Waals surface area contributed by atoms with Crippen LogP contribution in [0.25, 0.3) is 0 Å². The number of rotatable bonds is 8. The lowest BCUT2D eigenvalue weighted by Gasteiger charge is -2.11. The first-order chi connectivity index (χ1) is 14.1. The molecule has 0 saturated heterocycles.